The standard InChI is InChI=1S/C26H28ClF2N3O4.C13H12ClF2NO2.C13H12ClNO3.C11H8ClF2NO2.C9H8ClN.C8H6ClN.CH4/c1-31-20-6-5-18(27)12-17(20)14-23(31)26(28,29)25(34)30-19(15-32-8-2-3-9-32)24(33)16-4-7-21-22(13-16)36-11-10-35-21;1-3-19-12(18)13(15,16)11-7-8-6-9(14)4-5-10(8)17(11)2;1-3-18-13(17)12(16)11-7-8-6-9(14)4-5-10(8)15(11)2;1-15-8-3-2-7(12)4-6(8)5-9(15)11(13,14)10(16)17;1-11-5-4-7-6-8(10)2-3-9(7)11;9-7-1-2-8-6(5-7)3-4-10-8;/h4-7,12-14,19,24,33H,2-3,8-11,15H2,1H3,(H,30,34);4-7H,3H2,1-2H3;4-7H,3H2,1-2H3;2-5H,1H3,(H,16,17);2-6H,1H3;1-5,10H;1H4/t19-,24-;;;;;;/m1....../s1. The lowest BCUT2D eigenvalue weighted by Crippen LogP contribution is -2.51. The van der Waals surface area contributed by atoms with Crippen molar-refractivity contribution in [3.8, 4) is 11.5 Å². The summed E-state index contributed by atoms with van der Waals surface area (Å²) in [7, 11) is 8.10. The number of H-pyrrole nitrogens is 1. The van der Waals surface area contributed by atoms with Crippen molar-refractivity contribution in [1.82, 2.24) is 38.0 Å². The number of aliphatic carboxylic acids is 1. The van der Waals surface area contributed by atoms with E-state index in [9.17, 15) is 46.6 Å². The van der Waals surface area contributed by atoms with Gasteiger partial charge in [-0.15, -0.1) is 0 Å². The fourth-order valence-corrected chi connectivity index (χ4v) is 13.8. The number of carbonyl (C=O) groups excluding carboxylic acids is 4. The summed E-state index contributed by atoms with van der Waals surface area (Å²) in [6, 6.07) is 44.6. The zero-order valence-corrected chi connectivity index (χ0v) is 65.1. The van der Waals surface area contributed by atoms with E-state index in [0.717, 1.165) is 68.4 Å². The van der Waals surface area contributed by atoms with E-state index in [1.54, 1.807) is 110 Å². The second-order valence-corrected chi connectivity index (χ2v) is 28.4. The Hall–Kier alpha value is -9.83. The van der Waals surface area contributed by atoms with Crippen molar-refractivity contribution >= 4 is 165 Å². The molecule has 592 valence electrons. The molecule has 31 heteroatoms. The number of Topliss-reactive ketones (excluding diaryl/α,β-unsaturated/α-hetero) is 1. The van der Waals surface area contributed by atoms with E-state index >= 15 is 8.78 Å². The summed E-state index contributed by atoms with van der Waals surface area (Å²) in [6.07, 6.45) is 4.67. The topological polar surface area (TPSA) is 218 Å². The number of carbonyl (C=O) groups is 5. The maximum atomic E-state index is 15.5. The number of ether oxygens (including phenoxy) is 4. The number of aliphatic hydroxyl groups excluding tert-OH is 1. The average Bonchev–Trinajstić information content (AvgIpc) is 1.42. The van der Waals surface area contributed by atoms with Crippen molar-refractivity contribution in [1.29, 1.82) is 0 Å². The Morgan fingerprint density at radius 2 is 0.946 bits per heavy atom. The third-order valence-electron chi connectivity index (χ3n) is 18.4. The number of esters is 2. The summed E-state index contributed by atoms with van der Waals surface area (Å²) >= 11 is 35.0. The van der Waals surface area contributed by atoms with Crippen molar-refractivity contribution < 1.29 is 79.5 Å². The predicted octanol–water partition coefficient (Wildman–Crippen LogP) is 19.4. The molecule has 1 saturated heterocycles. The molecule has 0 bridgehead atoms. The van der Waals surface area contributed by atoms with Gasteiger partial charge >= 0.3 is 35.7 Å². The SMILES string of the molecule is C.CCOC(=O)C(=O)c1cc2cc(Cl)ccc2n1C.CCOC(=O)C(F)(F)c1cc2cc(Cl)ccc2n1C.Clc1ccc2[nH]ccc2c1.Cn1c(C(F)(F)C(=O)N[C@H](CN2CCCC2)[C@H](O)c2ccc3c(c2)OCCO3)cc2cc(Cl)ccc21.Cn1c(C(F)(F)C(=O)O)cc2cc(Cl)ccc21.Cn1ccc2cc(Cl)ccc21. The first-order valence-corrected chi connectivity index (χ1v) is 36.7. The monoisotopic (exact) mass is 1660 g/mol. The first-order valence-electron chi connectivity index (χ1n) is 34.4. The number of aromatic amines is 1. The molecular weight excluding hydrogens is 1590 g/mol. The third-order valence-corrected chi connectivity index (χ3v) is 19.8. The molecule has 2 aliphatic heterocycles. The van der Waals surface area contributed by atoms with Crippen LogP contribution in [0.5, 0.6) is 11.5 Å². The van der Waals surface area contributed by atoms with Crippen LogP contribution < -0.4 is 14.8 Å². The van der Waals surface area contributed by atoms with Gasteiger partial charge in [-0.25, -0.2) is 14.4 Å². The lowest BCUT2D eigenvalue weighted by Gasteiger charge is -2.30. The first-order chi connectivity index (χ1) is 52.6. The Balaban J connectivity index is 0.000000163. The van der Waals surface area contributed by atoms with Crippen molar-refractivity contribution in [3.05, 3.63) is 235 Å². The van der Waals surface area contributed by atoms with Gasteiger partial charge in [0, 0.05) is 150 Å². The van der Waals surface area contributed by atoms with Crippen LogP contribution in [0.1, 0.15) is 73.4 Å². The van der Waals surface area contributed by atoms with Crippen LogP contribution in [0.4, 0.5) is 26.3 Å². The number of fused-ring (bicyclic) bond motifs is 7. The summed E-state index contributed by atoms with van der Waals surface area (Å²) < 4.78 is 114. The Bertz CT molecular complexity index is 5590. The van der Waals surface area contributed by atoms with E-state index in [1.807, 2.05) is 61.9 Å². The van der Waals surface area contributed by atoms with Crippen molar-refractivity contribution in [2.75, 3.05) is 46.1 Å². The number of hydrogen-bond acceptors (Lipinski definition) is 11. The first kappa shape index (κ1) is 86.2. The number of benzene rings is 7. The van der Waals surface area contributed by atoms with Crippen LogP contribution >= 0.6 is 69.6 Å². The van der Waals surface area contributed by atoms with Crippen LogP contribution in [0.3, 0.4) is 0 Å². The van der Waals surface area contributed by atoms with Crippen LogP contribution in [-0.4, -0.2) is 125 Å². The summed E-state index contributed by atoms with van der Waals surface area (Å²) in [5.41, 5.74) is 4.11. The number of aliphatic hydroxyl groups is 1. The number of aryl methyl sites for hydroxylation is 5. The van der Waals surface area contributed by atoms with Crippen molar-refractivity contribution in [2.24, 2.45) is 35.2 Å². The van der Waals surface area contributed by atoms with E-state index in [2.05, 4.69) is 30.6 Å². The summed E-state index contributed by atoms with van der Waals surface area (Å²) in [5.74, 6) is -17.1. The highest BCUT2D eigenvalue weighted by atomic mass is 35.5. The Morgan fingerprint density at radius 3 is 1.45 bits per heavy atom. The molecular formula is C81H78Cl6F6N8O11. The van der Waals surface area contributed by atoms with Gasteiger partial charge in [0.2, 0.25) is 0 Å². The number of hydrogen-bond donors (Lipinski definition) is 4. The molecule has 15 rings (SSSR count). The number of nitrogens with one attached hydrogen (secondary N) is 2. The number of alkyl halides is 6. The lowest BCUT2D eigenvalue weighted by molar-refractivity contribution is -0.174. The second-order valence-electron chi connectivity index (χ2n) is 25.7. The van der Waals surface area contributed by atoms with E-state index in [4.69, 9.17) is 88.9 Å². The van der Waals surface area contributed by atoms with Crippen LogP contribution in [0.25, 0.3) is 65.4 Å². The summed E-state index contributed by atoms with van der Waals surface area (Å²) in [6.45, 7) is 5.83. The second kappa shape index (κ2) is 36.8. The minimum absolute atomic E-state index is 0. The fraction of sp³-hybridized carbons (Fsp3) is 0.272. The largest absolute Gasteiger partial charge is 0.486 e. The van der Waals surface area contributed by atoms with Gasteiger partial charge in [-0.1, -0.05) is 83.1 Å². The highest BCUT2D eigenvalue weighted by Crippen LogP contribution is 2.39. The number of carboxylic acids is 1. The average molecular weight is 1670 g/mol. The highest BCUT2D eigenvalue weighted by molar-refractivity contribution is 6.41. The van der Waals surface area contributed by atoms with Crippen LogP contribution in [0.2, 0.25) is 30.1 Å². The molecule has 2 aliphatic rings. The lowest BCUT2D eigenvalue weighted by atomic mass is 10.00. The molecule has 8 heterocycles. The molecule has 7 aromatic carbocycles. The van der Waals surface area contributed by atoms with E-state index in [1.165, 1.54) is 66.3 Å². The number of likely N-dealkylation sites (tertiary alicyclic amines) is 1. The fourth-order valence-electron chi connectivity index (χ4n) is 12.7. The number of amides is 1. The quantitative estimate of drug-likeness (QED) is 0.0326. The molecule has 13 aromatic rings. The van der Waals surface area contributed by atoms with Crippen molar-refractivity contribution in [2.45, 2.75) is 64.0 Å². The van der Waals surface area contributed by atoms with E-state index in [0.29, 0.717) is 88.8 Å². The third kappa shape index (κ3) is 19.6. The molecule has 0 aliphatic carbocycles. The van der Waals surface area contributed by atoms with E-state index in [-0.39, 0.29) is 27.2 Å². The minimum Gasteiger partial charge on any atom is -0.486 e. The van der Waals surface area contributed by atoms with Gasteiger partial charge in [-0.2, -0.15) is 26.3 Å². The molecule has 2 atom stereocenters. The van der Waals surface area contributed by atoms with Gasteiger partial charge in [0.25, 0.3) is 11.7 Å². The maximum Gasteiger partial charge on any atom is 0.383 e. The number of nitrogens with zero attached hydrogens (tertiary/aromatic N) is 6. The molecule has 1 amide bonds. The highest BCUT2D eigenvalue weighted by Gasteiger charge is 2.47. The van der Waals surface area contributed by atoms with Gasteiger partial charge in [-0.05, 0) is 203 Å². The summed E-state index contributed by atoms with van der Waals surface area (Å²) in [5, 5.41) is 30.3. The van der Waals surface area contributed by atoms with Crippen LogP contribution in [0.15, 0.2) is 176 Å². The zero-order valence-electron chi connectivity index (χ0n) is 60.5. The zero-order chi connectivity index (χ0) is 80.6. The molecule has 0 saturated carbocycles. The molecule has 0 spiro atoms. The van der Waals surface area contributed by atoms with Crippen LogP contribution in [0, 0.1) is 0 Å². The smallest absolute Gasteiger partial charge is 0.383 e. The number of halogens is 12. The molecule has 4 N–H and O–H groups in total. The molecule has 19 nitrogen and oxygen atoms in total. The Labute approximate surface area is 669 Å². The number of rotatable bonds is 15. The normalized spacial score (nSPS) is 13.2. The Kier molecular flexibility index (Phi) is 28.3. The molecule has 112 heavy (non-hydrogen) atoms. The van der Waals surface area contributed by atoms with Gasteiger partial charge in [-0.3, -0.25) is 9.59 Å². The number of ketones is 1. The Morgan fingerprint density at radius 1 is 0.509 bits per heavy atom. The van der Waals surface area contributed by atoms with Gasteiger partial charge < -0.3 is 67.2 Å². The van der Waals surface area contributed by atoms with Gasteiger partial charge in [0.05, 0.1) is 30.6 Å². The minimum atomic E-state index is -3.92. The maximum absolute atomic E-state index is 15.5. The predicted molar refractivity (Wildman–Crippen MR) is 427 cm³/mol. The molecule has 0 radical (unpaired) electrons. The number of carboxylic acid groups (broad SMARTS) is 1. The molecule has 1 fully saturated rings. The molecule has 0 unspecified atom stereocenters. The van der Waals surface area contributed by atoms with Crippen LogP contribution in [-0.2, 0) is 81.7 Å². The molecule has 6 aromatic heterocycles. The summed E-state index contributed by atoms with van der Waals surface area (Å²) in [4.78, 5) is 63.4. The number of aromatic nitrogens is 6. The van der Waals surface area contributed by atoms with Gasteiger partial charge in [0.15, 0.2) is 11.5 Å². The van der Waals surface area contributed by atoms with E-state index < -0.39 is 76.6 Å². The van der Waals surface area contributed by atoms with Crippen molar-refractivity contribution in [3.63, 3.8) is 0 Å². The van der Waals surface area contributed by atoms with Gasteiger partial charge in [0.1, 0.15) is 30.7 Å².